The second-order valence-corrected chi connectivity index (χ2v) is 7.25. The summed E-state index contributed by atoms with van der Waals surface area (Å²) in [6.45, 7) is 1.71. The van der Waals surface area contributed by atoms with E-state index in [9.17, 15) is 14.3 Å². The van der Waals surface area contributed by atoms with Gasteiger partial charge in [0.05, 0.1) is 6.10 Å². The van der Waals surface area contributed by atoms with Crippen molar-refractivity contribution in [2.75, 3.05) is 23.3 Å². The van der Waals surface area contributed by atoms with Gasteiger partial charge in [-0.05, 0) is 67.1 Å². The van der Waals surface area contributed by atoms with Crippen LogP contribution in [0, 0.1) is 11.7 Å². The van der Waals surface area contributed by atoms with Crippen molar-refractivity contribution in [2.45, 2.75) is 31.3 Å². The Labute approximate surface area is 152 Å². The normalized spacial score (nSPS) is 22.9. The Morgan fingerprint density at radius 3 is 2.35 bits per heavy atom. The predicted molar refractivity (Wildman–Crippen MR) is 99.8 cm³/mol. The number of halogens is 1. The second-order valence-electron chi connectivity index (χ2n) is 7.25. The minimum atomic E-state index is -0.251. The summed E-state index contributed by atoms with van der Waals surface area (Å²) in [6.07, 6.45) is 2.22. The molecule has 0 bridgehead atoms. The van der Waals surface area contributed by atoms with Crippen molar-refractivity contribution in [1.29, 1.82) is 0 Å². The summed E-state index contributed by atoms with van der Waals surface area (Å²) < 4.78 is 13.0. The first-order valence-corrected chi connectivity index (χ1v) is 9.19. The molecule has 4 rings (SSSR count). The second kappa shape index (κ2) is 7.08. The Bertz CT molecular complexity index is 768. The molecule has 4 nitrogen and oxygen atoms in total. The van der Waals surface area contributed by atoms with Gasteiger partial charge in [-0.15, -0.1) is 0 Å². The third-order valence-corrected chi connectivity index (χ3v) is 5.39. The van der Waals surface area contributed by atoms with Crippen molar-refractivity contribution in [2.24, 2.45) is 5.92 Å². The summed E-state index contributed by atoms with van der Waals surface area (Å²) >= 11 is 0. The summed E-state index contributed by atoms with van der Waals surface area (Å²) in [4.78, 5) is 14.7. The largest absolute Gasteiger partial charge is 0.393 e. The number of amides is 1. The highest BCUT2D eigenvalue weighted by molar-refractivity contribution is 5.95. The number of nitrogens with zero attached hydrogens (tertiary/aromatic N) is 1. The zero-order chi connectivity index (χ0) is 18.1. The van der Waals surface area contributed by atoms with E-state index >= 15 is 0 Å². The lowest BCUT2D eigenvalue weighted by molar-refractivity contribution is -0.117. The molecule has 1 amide bonds. The smallest absolute Gasteiger partial charge is 0.228 e. The molecule has 0 aromatic heterocycles. The highest BCUT2D eigenvalue weighted by atomic mass is 19.1. The maximum atomic E-state index is 13.0. The molecule has 0 radical (unpaired) electrons. The Hall–Kier alpha value is -2.40. The van der Waals surface area contributed by atoms with E-state index in [1.54, 1.807) is 12.1 Å². The molecule has 136 valence electrons. The van der Waals surface area contributed by atoms with E-state index in [4.69, 9.17) is 0 Å². The predicted octanol–water partition coefficient (Wildman–Crippen LogP) is 3.53. The van der Waals surface area contributed by atoms with Gasteiger partial charge >= 0.3 is 0 Å². The molecule has 2 fully saturated rings. The first-order chi connectivity index (χ1) is 12.6. The number of nitrogens with one attached hydrogen (secondary N) is 1. The van der Waals surface area contributed by atoms with Crippen molar-refractivity contribution in [3.8, 4) is 0 Å². The highest BCUT2D eigenvalue weighted by Gasteiger charge is 2.43. The van der Waals surface area contributed by atoms with Crippen LogP contribution in [0.4, 0.5) is 15.8 Å². The van der Waals surface area contributed by atoms with Crippen molar-refractivity contribution < 1.29 is 14.3 Å². The average Bonchev–Trinajstić information content (AvgIpc) is 3.45. The molecule has 2 aliphatic rings. The number of benzene rings is 2. The SMILES string of the molecule is O=C(Nc1ccc(N2CCC(O)CC2)cc1)[C@H]1C[C@H]1c1ccc(F)cc1. The molecule has 26 heavy (non-hydrogen) atoms. The van der Waals surface area contributed by atoms with Crippen LogP contribution in [-0.2, 0) is 4.79 Å². The van der Waals surface area contributed by atoms with E-state index < -0.39 is 0 Å². The molecular formula is C21H23FN2O2. The number of aliphatic hydroxyl groups excluding tert-OH is 1. The van der Waals surface area contributed by atoms with Gasteiger partial charge in [-0.25, -0.2) is 4.39 Å². The van der Waals surface area contributed by atoms with Gasteiger partial charge in [-0.1, -0.05) is 12.1 Å². The molecule has 2 atom stereocenters. The Morgan fingerprint density at radius 1 is 1.04 bits per heavy atom. The van der Waals surface area contributed by atoms with Crippen molar-refractivity contribution in [1.82, 2.24) is 0 Å². The molecule has 5 heteroatoms. The van der Waals surface area contributed by atoms with Crippen molar-refractivity contribution in [3.05, 3.63) is 59.9 Å². The summed E-state index contributed by atoms with van der Waals surface area (Å²) in [7, 11) is 0. The third-order valence-electron chi connectivity index (χ3n) is 5.39. The van der Waals surface area contributed by atoms with Crippen LogP contribution in [-0.4, -0.2) is 30.2 Å². The molecule has 0 unspecified atom stereocenters. The number of hydrogen-bond acceptors (Lipinski definition) is 3. The quantitative estimate of drug-likeness (QED) is 0.883. The van der Waals surface area contributed by atoms with E-state index in [1.807, 2.05) is 24.3 Å². The van der Waals surface area contributed by atoms with Gasteiger partial charge in [-0.2, -0.15) is 0 Å². The number of carbonyl (C=O) groups excluding carboxylic acids is 1. The fraction of sp³-hybridized carbons (Fsp3) is 0.381. The molecule has 1 saturated carbocycles. The third kappa shape index (κ3) is 3.73. The van der Waals surface area contributed by atoms with E-state index in [1.165, 1.54) is 12.1 Å². The molecule has 2 aromatic carbocycles. The van der Waals surface area contributed by atoms with Crippen molar-refractivity contribution >= 4 is 17.3 Å². The van der Waals surface area contributed by atoms with Gasteiger partial charge in [0.25, 0.3) is 0 Å². The number of anilines is 2. The summed E-state index contributed by atoms with van der Waals surface area (Å²) in [5, 5.41) is 12.6. The van der Waals surface area contributed by atoms with E-state index in [-0.39, 0.29) is 29.7 Å². The molecule has 1 aliphatic heterocycles. The maximum absolute atomic E-state index is 13.0. The minimum Gasteiger partial charge on any atom is -0.393 e. The van der Waals surface area contributed by atoms with Gasteiger partial charge in [0.15, 0.2) is 0 Å². The van der Waals surface area contributed by atoms with Crippen LogP contribution in [0.5, 0.6) is 0 Å². The molecular weight excluding hydrogens is 331 g/mol. The van der Waals surface area contributed by atoms with Gasteiger partial charge in [0.2, 0.25) is 5.91 Å². The summed E-state index contributed by atoms with van der Waals surface area (Å²) in [5.41, 5.74) is 2.93. The highest BCUT2D eigenvalue weighted by Crippen LogP contribution is 2.48. The van der Waals surface area contributed by atoms with Crippen LogP contribution in [0.25, 0.3) is 0 Å². The molecule has 2 N–H and O–H groups in total. The number of rotatable bonds is 4. The molecule has 1 heterocycles. The number of hydrogen-bond donors (Lipinski definition) is 2. The standard InChI is InChI=1S/C21H23FN2O2/c22-15-3-1-14(2-4-15)19-13-20(19)21(26)23-16-5-7-17(8-6-16)24-11-9-18(25)10-12-24/h1-8,18-20,25H,9-13H2,(H,23,26)/t19-,20-/m0/s1. The fourth-order valence-corrected chi connectivity index (χ4v) is 3.68. The topological polar surface area (TPSA) is 52.6 Å². The summed E-state index contributed by atoms with van der Waals surface area (Å²) in [6, 6.07) is 14.3. The molecule has 1 saturated heterocycles. The first-order valence-electron chi connectivity index (χ1n) is 9.19. The lowest BCUT2D eigenvalue weighted by Crippen LogP contribution is -2.35. The van der Waals surface area contributed by atoms with Crippen LogP contribution in [0.15, 0.2) is 48.5 Å². The van der Waals surface area contributed by atoms with Gasteiger partial charge in [-0.3, -0.25) is 4.79 Å². The van der Waals surface area contributed by atoms with Crippen LogP contribution >= 0.6 is 0 Å². The Balaban J connectivity index is 1.33. The van der Waals surface area contributed by atoms with Crippen LogP contribution in [0.3, 0.4) is 0 Å². The Kier molecular flexibility index (Phi) is 4.64. The van der Waals surface area contributed by atoms with Gasteiger partial charge < -0.3 is 15.3 Å². The van der Waals surface area contributed by atoms with Gasteiger partial charge in [0.1, 0.15) is 5.82 Å². The van der Waals surface area contributed by atoms with Crippen LogP contribution < -0.4 is 10.2 Å². The number of aliphatic hydroxyl groups is 1. The fourth-order valence-electron chi connectivity index (χ4n) is 3.68. The minimum absolute atomic E-state index is 0.0215. The van der Waals surface area contributed by atoms with Gasteiger partial charge in [0, 0.05) is 30.4 Å². The number of piperidine rings is 1. The molecule has 2 aromatic rings. The van der Waals surface area contributed by atoms with E-state index in [0.717, 1.165) is 49.3 Å². The Morgan fingerprint density at radius 2 is 1.69 bits per heavy atom. The monoisotopic (exact) mass is 354 g/mol. The maximum Gasteiger partial charge on any atom is 0.228 e. The first kappa shape index (κ1) is 17.0. The lowest BCUT2D eigenvalue weighted by Gasteiger charge is -2.31. The van der Waals surface area contributed by atoms with E-state index in [2.05, 4.69) is 10.2 Å². The zero-order valence-corrected chi connectivity index (χ0v) is 14.6. The molecule has 0 spiro atoms. The van der Waals surface area contributed by atoms with Crippen molar-refractivity contribution in [3.63, 3.8) is 0 Å². The van der Waals surface area contributed by atoms with E-state index in [0.29, 0.717) is 0 Å². The number of carbonyl (C=O) groups is 1. The lowest BCUT2D eigenvalue weighted by atomic mass is 10.1. The van der Waals surface area contributed by atoms with Crippen LogP contribution in [0.2, 0.25) is 0 Å². The zero-order valence-electron chi connectivity index (χ0n) is 14.6. The summed E-state index contributed by atoms with van der Waals surface area (Å²) in [5.74, 6) is -0.0785. The van der Waals surface area contributed by atoms with Crippen LogP contribution in [0.1, 0.15) is 30.7 Å². The average molecular weight is 354 g/mol. The molecule has 1 aliphatic carbocycles.